The van der Waals surface area contributed by atoms with Crippen LogP contribution in [-0.2, 0) is 0 Å². The zero-order valence-corrected chi connectivity index (χ0v) is 13.5. The van der Waals surface area contributed by atoms with Crippen molar-refractivity contribution in [2.75, 3.05) is 11.5 Å². The van der Waals surface area contributed by atoms with E-state index in [0.29, 0.717) is 16.7 Å². The predicted octanol–water partition coefficient (Wildman–Crippen LogP) is 3.10. The van der Waals surface area contributed by atoms with Gasteiger partial charge in [0.05, 0.1) is 17.1 Å². The highest BCUT2D eigenvalue weighted by Crippen LogP contribution is 2.40. The van der Waals surface area contributed by atoms with Gasteiger partial charge in [-0.3, -0.25) is 9.97 Å². The highest BCUT2D eigenvalue weighted by molar-refractivity contribution is 6.08. The largest absolute Gasteiger partial charge is 0.436 e. The summed E-state index contributed by atoms with van der Waals surface area (Å²) >= 11 is 0. The molecule has 0 radical (unpaired) electrons. The Labute approximate surface area is 145 Å². The second kappa shape index (κ2) is 5.73. The normalized spacial score (nSPS) is 11.2. The van der Waals surface area contributed by atoms with Crippen molar-refractivity contribution in [3.63, 3.8) is 0 Å². The van der Waals surface area contributed by atoms with E-state index >= 15 is 0 Å². The zero-order valence-electron chi connectivity index (χ0n) is 13.5. The topological polar surface area (TPSA) is 117 Å². The van der Waals surface area contributed by atoms with Gasteiger partial charge < -0.3 is 15.9 Å². The van der Waals surface area contributed by atoms with Gasteiger partial charge in [-0.2, -0.15) is 9.37 Å². The lowest BCUT2D eigenvalue weighted by molar-refractivity contribution is 0.474. The minimum Gasteiger partial charge on any atom is -0.436 e. The molecule has 0 aliphatic rings. The van der Waals surface area contributed by atoms with Crippen molar-refractivity contribution in [1.82, 2.24) is 19.9 Å². The molecule has 4 heterocycles. The summed E-state index contributed by atoms with van der Waals surface area (Å²) in [4.78, 5) is 15.8. The van der Waals surface area contributed by atoms with E-state index in [0.717, 1.165) is 17.5 Å². The molecule has 0 aliphatic carbocycles. The van der Waals surface area contributed by atoms with Crippen molar-refractivity contribution in [2.24, 2.45) is 0 Å². The van der Waals surface area contributed by atoms with Gasteiger partial charge in [0.25, 0.3) is 5.95 Å². The van der Waals surface area contributed by atoms with Crippen molar-refractivity contribution in [3.05, 3.63) is 48.2 Å². The van der Waals surface area contributed by atoms with E-state index in [-0.39, 0.29) is 23.0 Å². The number of pyridine rings is 2. The first-order valence-electron chi connectivity index (χ1n) is 7.53. The van der Waals surface area contributed by atoms with E-state index in [1.165, 1.54) is 6.20 Å². The number of nitrogens with two attached hydrogens (primary N) is 2. The SMILES string of the molecule is Cc1cc(-c2ncc(-c3ncc(F)c(F)n3)c3c(N)c(N)oc23)ccn1. The molecule has 4 aromatic heterocycles. The van der Waals surface area contributed by atoms with Crippen LogP contribution in [0.15, 0.2) is 35.1 Å². The van der Waals surface area contributed by atoms with Crippen LogP contribution >= 0.6 is 0 Å². The molecule has 4 N–H and O–H groups in total. The summed E-state index contributed by atoms with van der Waals surface area (Å²) in [6.07, 6.45) is 3.80. The molecule has 0 unspecified atom stereocenters. The van der Waals surface area contributed by atoms with Gasteiger partial charge in [0.2, 0.25) is 5.88 Å². The maximum absolute atomic E-state index is 13.5. The molecule has 0 saturated heterocycles. The van der Waals surface area contributed by atoms with E-state index in [1.54, 1.807) is 12.3 Å². The van der Waals surface area contributed by atoms with Crippen LogP contribution in [0.1, 0.15) is 5.69 Å². The van der Waals surface area contributed by atoms with Crippen LogP contribution in [0.3, 0.4) is 0 Å². The molecule has 0 atom stereocenters. The molecular formula is C17H12F2N6O. The summed E-state index contributed by atoms with van der Waals surface area (Å²) in [5.74, 6) is -2.51. The third-order valence-corrected chi connectivity index (χ3v) is 3.89. The van der Waals surface area contributed by atoms with Crippen LogP contribution in [0.5, 0.6) is 0 Å². The highest BCUT2D eigenvalue weighted by Gasteiger charge is 2.22. The van der Waals surface area contributed by atoms with E-state index in [4.69, 9.17) is 15.9 Å². The number of nitrogen functional groups attached to an aromatic ring is 2. The number of aromatic nitrogens is 4. The Balaban J connectivity index is 2.03. The first kappa shape index (κ1) is 15.9. The fraction of sp³-hybridized carbons (Fsp3) is 0.0588. The lowest BCUT2D eigenvalue weighted by atomic mass is 10.1. The van der Waals surface area contributed by atoms with Crippen molar-refractivity contribution in [2.45, 2.75) is 6.92 Å². The first-order chi connectivity index (χ1) is 12.5. The van der Waals surface area contributed by atoms with Crippen LogP contribution < -0.4 is 11.5 Å². The summed E-state index contributed by atoms with van der Waals surface area (Å²) in [6.45, 7) is 1.84. The maximum atomic E-state index is 13.5. The molecule has 0 bridgehead atoms. The van der Waals surface area contributed by atoms with Crippen LogP contribution in [0.2, 0.25) is 0 Å². The number of hydrogen-bond donors (Lipinski definition) is 2. The van der Waals surface area contributed by atoms with Crippen molar-refractivity contribution in [1.29, 1.82) is 0 Å². The molecule has 4 rings (SSSR count). The number of furan rings is 1. The van der Waals surface area contributed by atoms with Gasteiger partial charge in [0, 0.05) is 23.7 Å². The van der Waals surface area contributed by atoms with Crippen molar-refractivity contribution < 1.29 is 13.2 Å². The number of nitrogens with zero attached hydrogens (tertiary/aromatic N) is 4. The number of hydrogen-bond acceptors (Lipinski definition) is 7. The molecule has 0 amide bonds. The molecule has 130 valence electrons. The summed E-state index contributed by atoms with van der Waals surface area (Å²) in [6, 6.07) is 3.59. The van der Waals surface area contributed by atoms with Crippen molar-refractivity contribution >= 4 is 22.5 Å². The molecule has 7 nitrogen and oxygen atoms in total. The van der Waals surface area contributed by atoms with Gasteiger partial charge in [-0.1, -0.05) is 0 Å². The van der Waals surface area contributed by atoms with Crippen LogP contribution in [0.25, 0.3) is 33.6 Å². The van der Waals surface area contributed by atoms with Gasteiger partial charge in [0.15, 0.2) is 17.2 Å². The second-order valence-electron chi connectivity index (χ2n) is 5.62. The highest BCUT2D eigenvalue weighted by atomic mass is 19.2. The van der Waals surface area contributed by atoms with E-state index in [9.17, 15) is 8.78 Å². The summed E-state index contributed by atoms with van der Waals surface area (Å²) in [7, 11) is 0. The molecule has 0 aliphatic heterocycles. The fourth-order valence-electron chi connectivity index (χ4n) is 2.69. The van der Waals surface area contributed by atoms with E-state index in [2.05, 4.69) is 19.9 Å². The minimum absolute atomic E-state index is 0.0103. The number of aryl methyl sites for hydroxylation is 1. The number of halogens is 2. The first-order valence-corrected chi connectivity index (χ1v) is 7.53. The number of rotatable bonds is 2. The number of fused-ring (bicyclic) bond motifs is 1. The van der Waals surface area contributed by atoms with Gasteiger partial charge in [-0.15, -0.1) is 0 Å². The Morgan fingerprint density at radius 3 is 2.62 bits per heavy atom. The Kier molecular flexibility index (Phi) is 3.50. The van der Waals surface area contributed by atoms with E-state index in [1.807, 2.05) is 13.0 Å². The second-order valence-corrected chi connectivity index (χ2v) is 5.62. The summed E-state index contributed by atoms with van der Waals surface area (Å²) in [5, 5.41) is 0.382. The summed E-state index contributed by atoms with van der Waals surface area (Å²) < 4.78 is 32.3. The van der Waals surface area contributed by atoms with Crippen molar-refractivity contribution in [3.8, 4) is 22.6 Å². The molecule has 0 saturated carbocycles. The van der Waals surface area contributed by atoms with Gasteiger partial charge in [-0.05, 0) is 19.1 Å². The lowest BCUT2D eigenvalue weighted by Gasteiger charge is -2.07. The zero-order chi connectivity index (χ0) is 18.4. The molecule has 4 aromatic rings. The Morgan fingerprint density at radius 2 is 1.88 bits per heavy atom. The summed E-state index contributed by atoms with van der Waals surface area (Å²) in [5.41, 5.74) is 14.6. The monoisotopic (exact) mass is 354 g/mol. The molecule has 0 spiro atoms. The Hall–Kier alpha value is -3.62. The van der Waals surface area contributed by atoms with Gasteiger partial charge in [0.1, 0.15) is 11.4 Å². The fourth-order valence-corrected chi connectivity index (χ4v) is 2.69. The predicted molar refractivity (Wildman–Crippen MR) is 91.7 cm³/mol. The average Bonchev–Trinajstić information content (AvgIpc) is 2.92. The average molecular weight is 354 g/mol. The van der Waals surface area contributed by atoms with Crippen LogP contribution in [0.4, 0.5) is 20.4 Å². The van der Waals surface area contributed by atoms with Gasteiger partial charge >= 0.3 is 0 Å². The number of anilines is 2. The Bertz CT molecular complexity index is 1160. The third-order valence-electron chi connectivity index (χ3n) is 3.89. The Morgan fingerprint density at radius 1 is 1.08 bits per heavy atom. The minimum atomic E-state index is -1.27. The maximum Gasteiger partial charge on any atom is 0.252 e. The van der Waals surface area contributed by atoms with Gasteiger partial charge in [-0.25, -0.2) is 9.37 Å². The molecular weight excluding hydrogens is 342 g/mol. The smallest absolute Gasteiger partial charge is 0.252 e. The quantitative estimate of drug-likeness (QED) is 0.531. The molecule has 0 aromatic carbocycles. The van der Waals surface area contributed by atoms with Crippen LogP contribution in [-0.4, -0.2) is 19.9 Å². The lowest BCUT2D eigenvalue weighted by Crippen LogP contribution is -1.99. The van der Waals surface area contributed by atoms with E-state index < -0.39 is 11.8 Å². The standard InChI is InChI=1S/C17H12F2N6O/c1-7-4-8(2-3-22-7)13-14-11(12(20)16(21)26-14)9(5-23-13)17-24-6-10(18)15(19)25-17/h2-6H,20-21H2,1H3. The molecule has 26 heavy (non-hydrogen) atoms. The van der Waals surface area contributed by atoms with Crippen LogP contribution in [0, 0.1) is 18.7 Å². The molecule has 0 fully saturated rings. The molecule has 9 heteroatoms. The third kappa shape index (κ3) is 2.41.